The average molecular weight is 495 g/mol. The van der Waals surface area contributed by atoms with Crippen LogP contribution in [0.1, 0.15) is 39.1 Å². The molecule has 0 saturated carbocycles. The number of rotatable bonds is 5. The highest BCUT2D eigenvalue weighted by Gasteiger charge is 2.33. The van der Waals surface area contributed by atoms with Crippen LogP contribution >= 0.6 is 22.9 Å². The SMILES string of the molecule is Cc1ccc(F)cc1S(=O)(=O)N1CCC[C@@H](c2nnc(C(=O)Nc3ccc(Cl)cc3)s2)C1. The summed E-state index contributed by atoms with van der Waals surface area (Å²) in [6.45, 7) is 2.19. The molecule has 7 nitrogen and oxygen atoms in total. The Bertz CT molecular complexity index is 1250. The molecule has 1 aliphatic rings. The molecule has 1 amide bonds. The minimum Gasteiger partial charge on any atom is -0.320 e. The lowest BCUT2D eigenvalue weighted by Crippen LogP contribution is -2.39. The van der Waals surface area contributed by atoms with E-state index in [4.69, 9.17) is 11.6 Å². The topological polar surface area (TPSA) is 92.3 Å². The molecule has 168 valence electrons. The first-order chi connectivity index (χ1) is 15.2. The lowest BCUT2D eigenvalue weighted by Gasteiger charge is -2.31. The van der Waals surface area contributed by atoms with E-state index in [0.717, 1.165) is 23.8 Å². The predicted octanol–water partition coefficient (Wildman–Crippen LogP) is 4.46. The molecule has 1 fully saturated rings. The van der Waals surface area contributed by atoms with Gasteiger partial charge in [0.25, 0.3) is 5.91 Å². The number of benzene rings is 2. The molecule has 3 aromatic rings. The smallest absolute Gasteiger partial charge is 0.286 e. The minimum atomic E-state index is -3.85. The standard InChI is InChI=1S/C21H20ClFN4O3S2/c1-13-4-7-16(23)11-18(13)32(29,30)27-10-2-3-14(12-27)20-25-26-21(31-20)19(28)24-17-8-5-15(22)6-9-17/h4-9,11,14H,2-3,10,12H2,1H3,(H,24,28)/t14-/m1/s1. The Kier molecular flexibility index (Phi) is 6.57. The number of piperidine rings is 1. The molecule has 11 heteroatoms. The summed E-state index contributed by atoms with van der Waals surface area (Å²) >= 11 is 7.00. The number of aromatic nitrogens is 2. The molecule has 0 unspecified atom stereocenters. The molecule has 0 radical (unpaired) electrons. The van der Waals surface area contributed by atoms with Gasteiger partial charge < -0.3 is 5.32 Å². The van der Waals surface area contributed by atoms with Gasteiger partial charge in [0.2, 0.25) is 15.0 Å². The van der Waals surface area contributed by atoms with E-state index in [1.165, 1.54) is 16.4 Å². The fourth-order valence-electron chi connectivity index (χ4n) is 3.56. The van der Waals surface area contributed by atoms with Gasteiger partial charge in [-0.3, -0.25) is 4.79 Å². The van der Waals surface area contributed by atoms with Crippen molar-refractivity contribution in [2.24, 2.45) is 0 Å². The van der Waals surface area contributed by atoms with Crippen molar-refractivity contribution in [2.75, 3.05) is 18.4 Å². The summed E-state index contributed by atoms with van der Waals surface area (Å²) < 4.78 is 41.3. The zero-order chi connectivity index (χ0) is 22.9. The van der Waals surface area contributed by atoms with Crippen molar-refractivity contribution in [3.05, 3.63) is 68.9 Å². The molecule has 4 rings (SSSR count). The van der Waals surface area contributed by atoms with Gasteiger partial charge in [0.15, 0.2) is 0 Å². The summed E-state index contributed by atoms with van der Waals surface area (Å²) in [5, 5.41) is 12.2. The number of nitrogens with one attached hydrogen (secondary N) is 1. The van der Waals surface area contributed by atoms with Crippen LogP contribution in [0.3, 0.4) is 0 Å². The Hall–Kier alpha value is -2.40. The predicted molar refractivity (Wildman–Crippen MR) is 121 cm³/mol. The number of amides is 1. The molecule has 1 aliphatic heterocycles. The van der Waals surface area contributed by atoms with E-state index in [9.17, 15) is 17.6 Å². The minimum absolute atomic E-state index is 0.0292. The van der Waals surface area contributed by atoms with E-state index in [1.54, 1.807) is 31.2 Å². The second kappa shape index (κ2) is 9.22. The normalized spacial score (nSPS) is 17.3. The molecule has 0 aliphatic carbocycles. The van der Waals surface area contributed by atoms with Crippen molar-refractivity contribution < 1.29 is 17.6 Å². The van der Waals surface area contributed by atoms with Crippen molar-refractivity contribution in [3.8, 4) is 0 Å². The van der Waals surface area contributed by atoms with Crippen LogP contribution in [0.15, 0.2) is 47.4 Å². The first-order valence-electron chi connectivity index (χ1n) is 9.90. The highest BCUT2D eigenvalue weighted by Crippen LogP contribution is 2.33. The second-order valence-corrected chi connectivity index (χ2v) is 10.9. The Balaban J connectivity index is 1.49. The zero-order valence-corrected chi connectivity index (χ0v) is 19.5. The van der Waals surface area contributed by atoms with Crippen LogP contribution in [-0.4, -0.2) is 41.9 Å². The van der Waals surface area contributed by atoms with E-state index in [1.807, 2.05) is 0 Å². The number of halogens is 2. The Morgan fingerprint density at radius 2 is 1.97 bits per heavy atom. The number of carbonyl (C=O) groups excluding carboxylic acids is 1. The molecule has 1 saturated heterocycles. The van der Waals surface area contributed by atoms with Crippen molar-refractivity contribution in [1.29, 1.82) is 0 Å². The van der Waals surface area contributed by atoms with Crippen molar-refractivity contribution in [2.45, 2.75) is 30.6 Å². The van der Waals surface area contributed by atoms with E-state index in [-0.39, 0.29) is 22.4 Å². The van der Waals surface area contributed by atoms with Crippen molar-refractivity contribution >= 4 is 44.6 Å². The molecular weight excluding hydrogens is 475 g/mol. The zero-order valence-electron chi connectivity index (χ0n) is 17.1. The highest BCUT2D eigenvalue weighted by atomic mass is 35.5. The fraction of sp³-hybridized carbons (Fsp3) is 0.286. The summed E-state index contributed by atoms with van der Waals surface area (Å²) in [4.78, 5) is 12.5. The monoisotopic (exact) mass is 494 g/mol. The first kappa shape index (κ1) is 22.8. The van der Waals surface area contributed by atoms with Crippen LogP contribution in [0.25, 0.3) is 0 Å². The van der Waals surface area contributed by atoms with E-state index in [2.05, 4.69) is 15.5 Å². The van der Waals surface area contributed by atoms with Crippen molar-refractivity contribution in [3.63, 3.8) is 0 Å². The molecule has 2 aromatic carbocycles. The van der Waals surface area contributed by atoms with E-state index in [0.29, 0.717) is 34.2 Å². The fourth-order valence-corrected chi connectivity index (χ4v) is 6.31. The van der Waals surface area contributed by atoms with Crippen molar-refractivity contribution in [1.82, 2.24) is 14.5 Å². The third-order valence-corrected chi connectivity index (χ3v) is 8.58. The summed E-state index contributed by atoms with van der Waals surface area (Å²) in [6.07, 6.45) is 1.35. The van der Waals surface area contributed by atoms with Crippen LogP contribution in [0.4, 0.5) is 10.1 Å². The van der Waals surface area contributed by atoms with Crippen LogP contribution < -0.4 is 5.32 Å². The summed E-state index contributed by atoms with van der Waals surface area (Å²) in [7, 11) is -3.85. The molecule has 32 heavy (non-hydrogen) atoms. The average Bonchev–Trinajstić information content (AvgIpc) is 3.28. The molecule has 1 atom stereocenters. The highest BCUT2D eigenvalue weighted by molar-refractivity contribution is 7.89. The quantitative estimate of drug-likeness (QED) is 0.565. The van der Waals surface area contributed by atoms with Crippen LogP contribution in [-0.2, 0) is 10.0 Å². The number of sulfonamides is 1. The van der Waals surface area contributed by atoms with Crippen LogP contribution in [0.5, 0.6) is 0 Å². The molecule has 2 heterocycles. The number of nitrogens with zero attached hydrogens (tertiary/aromatic N) is 3. The second-order valence-electron chi connectivity index (χ2n) is 7.52. The number of carbonyl (C=O) groups is 1. The van der Waals surface area contributed by atoms with Gasteiger partial charge in [0.05, 0.1) is 4.90 Å². The summed E-state index contributed by atoms with van der Waals surface area (Å²) in [5.74, 6) is -1.18. The molecule has 1 aromatic heterocycles. The van der Waals surface area contributed by atoms with E-state index < -0.39 is 21.7 Å². The summed E-state index contributed by atoms with van der Waals surface area (Å²) in [5.41, 5.74) is 1.07. The lowest BCUT2D eigenvalue weighted by atomic mass is 10.0. The third kappa shape index (κ3) is 4.83. The Morgan fingerprint density at radius 3 is 2.72 bits per heavy atom. The largest absolute Gasteiger partial charge is 0.320 e. The van der Waals surface area contributed by atoms with Gasteiger partial charge in [0, 0.05) is 29.7 Å². The van der Waals surface area contributed by atoms with Gasteiger partial charge in [-0.25, -0.2) is 12.8 Å². The van der Waals surface area contributed by atoms with Gasteiger partial charge in [-0.1, -0.05) is 29.0 Å². The number of hydrogen-bond acceptors (Lipinski definition) is 6. The van der Waals surface area contributed by atoms with Gasteiger partial charge >= 0.3 is 0 Å². The maximum Gasteiger partial charge on any atom is 0.286 e. The van der Waals surface area contributed by atoms with Crippen LogP contribution in [0.2, 0.25) is 5.02 Å². The maximum absolute atomic E-state index is 13.7. The number of anilines is 1. The maximum atomic E-state index is 13.7. The third-order valence-electron chi connectivity index (χ3n) is 5.24. The van der Waals surface area contributed by atoms with Crippen LogP contribution in [0, 0.1) is 12.7 Å². The Labute approximate surface area is 194 Å². The molecule has 1 N–H and O–H groups in total. The lowest BCUT2D eigenvalue weighted by molar-refractivity contribution is 0.102. The van der Waals surface area contributed by atoms with Gasteiger partial charge in [-0.2, -0.15) is 4.31 Å². The van der Waals surface area contributed by atoms with Gasteiger partial charge in [-0.05, 0) is 61.7 Å². The van der Waals surface area contributed by atoms with E-state index >= 15 is 0 Å². The van der Waals surface area contributed by atoms with Gasteiger partial charge in [0.1, 0.15) is 10.8 Å². The van der Waals surface area contributed by atoms with Gasteiger partial charge in [-0.15, -0.1) is 10.2 Å². The summed E-state index contributed by atoms with van der Waals surface area (Å²) in [6, 6.07) is 10.4. The first-order valence-corrected chi connectivity index (χ1v) is 12.5. The number of hydrogen-bond donors (Lipinski definition) is 1. The molecular formula is C21H20ClFN4O3S2. The Morgan fingerprint density at radius 1 is 1.22 bits per heavy atom. The molecule has 0 spiro atoms. The number of aryl methyl sites for hydroxylation is 1. The molecule has 0 bridgehead atoms.